The lowest BCUT2D eigenvalue weighted by Gasteiger charge is -1.98. The number of aromatic nitrogens is 2. The normalized spacial score (nSPS) is 10.8. The van der Waals surface area contributed by atoms with Gasteiger partial charge < -0.3 is 4.42 Å². The number of carbonyl (C=O) groups is 1. The fourth-order valence-electron chi connectivity index (χ4n) is 2.01. The molecule has 0 bridgehead atoms. The highest BCUT2D eigenvalue weighted by Crippen LogP contribution is 2.30. The fraction of sp³-hybridized carbons (Fsp3) is 0. The average Bonchev–Trinajstić information content (AvgIpc) is 3.26. The quantitative estimate of drug-likeness (QED) is 0.423. The van der Waals surface area contributed by atoms with Crippen LogP contribution in [-0.2, 0) is 0 Å². The van der Waals surface area contributed by atoms with Crippen LogP contribution in [0.3, 0.4) is 0 Å². The van der Waals surface area contributed by atoms with Gasteiger partial charge in [0, 0.05) is 12.3 Å². The van der Waals surface area contributed by atoms with Crippen LogP contribution in [0, 0.1) is 10.1 Å². The molecule has 9 nitrogen and oxygen atoms in total. The molecule has 2 N–H and O–H groups in total. The SMILES string of the molecule is O=C(NN=Cc1ccc(-c2ccccc2[N+](=O)[O-])o1)c1ccn[nH]1. The first-order chi connectivity index (χ1) is 11.6. The van der Waals surface area contributed by atoms with Gasteiger partial charge in [-0.05, 0) is 24.3 Å². The number of amides is 1. The first-order valence-corrected chi connectivity index (χ1v) is 6.81. The summed E-state index contributed by atoms with van der Waals surface area (Å²) < 4.78 is 5.51. The van der Waals surface area contributed by atoms with Crippen molar-refractivity contribution in [3.8, 4) is 11.3 Å². The van der Waals surface area contributed by atoms with Gasteiger partial charge >= 0.3 is 0 Å². The Morgan fingerprint density at radius 3 is 2.88 bits per heavy atom. The Morgan fingerprint density at radius 2 is 2.12 bits per heavy atom. The number of nitro groups is 1. The van der Waals surface area contributed by atoms with Gasteiger partial charge in [0.2, 0.25) is 0 Å². The molecule has 2 heterocycles. The molecule has 120 valence electrons. The Balaban J connectivity index is 1.73. The molecule has 0 atom stereocenters. The number of carbonyl (C=O) groups excluding carboxylic acids is 1. The minimum absolute atomic E-state index is 0.0529. The van der Waals surface area contributed by atoms with E-state index in [1.165, 1.54) is 24.5 Å². The molecule has 0 spiro atoms. The van der Waals surface area contributed by atoms with E-state index in [2.05, 4.69) is 20.7 Å². The second kappa shape index (κ2) is 6.57. The van der Waals surface area contributed by atoms with Crippen molar-refractivity contribution in [1.82, 2.24) is 15.6 Å². The molecule has 0 aliphatic heterocycles. The summed E-state index contributed by atoms with van der Waals surface area (Å²) in [6.07, 6.45) is 2.75. The van der Waals surface area contributed by atoms with Crippen molar-refractivity contribution in [1.29, 1.82) is 0 Å². The number of hydrogen-bond donors (Lipinski definition) is 2. The van der Waals surface area contributed by atoms with Gasteiger partial charge in [-0.15, -0.1) is 0 Å². The molecule has 0 saturated heterocycles. The predicted molar refractivity (Wildman–Crippen MR) is 84.4 cm³/mol. The van der Waals surface area contributed by atoms with Crippen LogP contribution >= 0.6 is 0 Å². The number of nitrogens with zero attached hydrogens (tertiary/aromatic N) is 3. The fourth-order valence-corrected chi connectivity index (χ4v) is 2.01. The highest BCUT2D eigenvalue weighted by Gasteiger charge is 2.16. The zero-order valence-electron chi connectivity index (χ0n) is 12.2. The Bertz CT molecular complexity index is 898. The molecule has 3 rings (SSSR count). The van der Waals surface area contributed by atoms with Gasteiger partial charge in [0.25, 0.3) is 11.6 Å². The molecule has 0 unspecified atom stereocenters. The van der Waals surface area contributed by atoms with Crippen molar-refractivity contribution < 1.29 is 14.1 Å². The topological polar surface area (TPSA) is 126 Å². The van der Waals surface area contributed by atoms with Crippen molar-refractivity contribution in [2.24, 2.45) is 5.10 Å². The average molecular weight is 325 g/mol. The first-order valence-electron chi connectivity index (χ1n) is 6.81. The summed E-state index contributed by atoms with van der Waals surface area (Å²) >= 11 is 0. The van der Waals surface area contributed by atoms with Gasteiger partial charge in [0.05, 0.1) is 16.7 Å². The number of hydrogen-bond acceptors (Lipinski definition) is 6. The second-order valence-electron chi connectivity index (χ2n) is 4.65. The third-order valence-electron chi connectivity index (χ3n) is 3.10. The number of hydrazone groups is 1. The predicted octanol–water partition coefficient (Wildman–Crippen LogP) is 2.34. The Kier molecular flexibility index (Phi) is 4.15. The molecule has 9 heteroatoms. The molecule has 24 heavy (non-hydrogen) atoms. The van der Waals surface area contributed by atoms with Crippen molar-refractivity contribution in [3.63, 3.8) is 0 Å². The highest BCUT2D eigenvalue weighted by atomic mass is 16.6. The van der Waals surface area contributed by atoms with E-state index in [4.69, 9.17) is 4.42 Å². The molecule has 0 fully saturated rings. The lowest BCUT2D eigenvalue weighted by Crippen LogP contribution is -2.17. The lowest BCUT2D eigenvalue weighted by molar-refractivity contribution is -0.384. The molecular formula is C15H11N5O4. The zero-order valence-corrected chi connectivity index (χ0v) is 12.2. The van der Waals surface area contributed by atoms with Gasteiger partial charge in [-0.1, -0.05) is 12.1 Å². The Labute approximate surface area is 135 Å². The van der Waals surface area contributed by atoms with Crippen molar-refractivity contribution >= 4 is 17.8 Å². The summed E-state index contributed by atoms with van der Waals surface area (Å²) in [7, 11) is 0. The first kappa shape index (κ1) is 15.2. The standard InChI is InChI=1S/C15H11N5O4/c21-15(12-7-8-16-18-12)19-17-9-10-5-6-14(24-10)11-3-1-2-4-13(11)20(22)23/h1-9H,(H,16,18)(H,19,21). The molecule has 3 aromatic rings. The zero-order chi connectivity index (χ0) is 16.9. The molecule has 0 aliphatic carbocycles. The van der Waals surface area contributed by atoms with Crippen LogP contribution in [0.25, 0.3) is 11.3 Å². The van der Waals surface area contributed by atoms with Crippen LogP contribution < -0.4 is 5.43 Å². The molecule has 1 amide bonds. The van der Waals surface area contributed by atoms with Crippen molar-refractivity contribution in [2.75, 3.05) is 0 Å². The number of benzene rings is 1. The number of rotatable bonds is 5. The molecule has 0 saturated carbocycles. The van der Waals surface area contributed by atoms with E-state index in [1.54, 1.807) is 30.3 Å². The molecule has 0 radical (unpaired) electrons. The van der Waals surface area contributed by atoms with E-state index < -0.39 is 10.8 Å². The van der Waals surface area contributed by atoms with Gasteiger partial charge in [-0.25, -0.2) is 5.43 Å². The van der Waals surface area contributed by atoms with Crippen LogP contribution in [0.5, 0.6) is 0 Å². The van der Waals surface area contributed by atoms with E-state index in [1.807, 2.05) is 0 Å². The smallest absolute Gasteiger partial charge is 0.289 e. The molecular weight excluding hydrogens is 314 g/mol. The third-order valence-corrected chi connectivity index (χ3v) is 3.10. The van der Waals surface area contributed by atoms with E-state index in [9.17, 15) is 14.9 Å². The summed E-state index contributed by atoms with van der Waals surface area (Å²) in [6.45, 7) is 0. The van der Waals surface area contributed by atoms with Gasteiger partial charge in [0.15, 0.2) is 0 Å². The van der Waals surface area contributed by atoms with Gasteiger partial charge in [0.1, 0.15) is 17.2 Å². The summed E-state index contributed by atoms with van der Waals surface area (Å²) in [4.78, 5) is 22.2. The number of para-hydroxylation sites is 1. The van der Waals surface area contributed by atoms with E-state index in [0.29, 0.717) is 17.1 Å². The number of nitrogens with one attached hydrogen (secondary N) is 2. The maximum Gasteiger partial charge on any atom is 0.289 e. The van der Waals surface area contributed by atoms with Crippen LogP contribution in [-0.4, -0.2) is 27.2 Å². The molecule has 2 aromatic heterocycles. The van der Waals surface area contributed by atoms with E-state index in [-0.39, 0.29) is 11.4 Å². The van der Waals surface area contributed by atoms with E-state index in [0.717, 1.165) is 0 Å². The number of furan rings is 1. The van der Waals surface area contributed by atoms with Crippen LogP contribution in [0.2, 0.25) is 0 Å². The number of H-pyrrole nitrogens is 1. The van der Waals surface area contributed by atoms with E-state index >= 15 is 0 Å². The number of aromatic amines is 1. The van der Waals surface area contributed by atoms with Crippen LogP contribution in [0.1, 0.15) is 16.2 Å². The summed E-state index contributed by atoms with van der Waals surface area (Å²) in [6, 6.07) is 11.0. The summed E-state index contributed by atoms with van der Waals surface area (Å²) in [5.41, 5.74) is 2.89. The highest BCUT2D eigenvalue weighted by molar-refractivity contribution is 5.92. The van der Waals surface area contributed by atoms with Gasteiger partial charge in [-0.3, -0.25) is 20.0 Å². The third kappa shape index (κ3) is 3.19. The molecule has 0 aliphatic rings. The van der Waals surface area contributed by atoms with Crippen molar-refractivity contribution in [2.45, 2.75) is 0 Å². The van der Waals surface area contributed by atoms with Gasteiger partial charge in [-0.2, -0.15) is 10.2 Å². The Hall–Kier alpha value is -3.75. The maximum atomic E-state index is 11.6. The Morgan fingerprint density at radius 1 is 1.29 bits per heavy atom. The largest absolute Gasteiger partial charge is 0.455 e. The van der Waals surface area contributed by atoms with Crippen LogP contribution in [0.15, 0.2) is 58.2 Å². The summed E-state index contributed by atoms with van der Waals surface area (Å²) in [5, 5.41) is 21.0. The second-order valence-corrected chi connectivity index (χ2v) is 4.65. The number of nitro benzene ring substituents is 1. The lowest BCUT2D eigenvalue weighted by atomic mass is 10.1. The van der Waals surface area contributed by atoms with Crippen molar-refractivity contribution in [3.05, 3.63) is 70.2 Å². The van der Waals surface area contributed by atoms with Crippen LogP contribution in [0.4, 0.5) is 5.69 Å². The summed E-state index contributed by atoms with van der Waals surface area (Å²) in [5.74, 6) is 0.228. The minimum Gasteiger partial charge on any atom is -0.455 e. The molecule has 1 aromatic carbocycles. The minimum atomic E-state index is -0.476. The maximum absolute atomic E-state index is 11.6. The monoisotopic (exact) mass is 325 g/mol.